The van der Waals surface area contributed by atoms with Crippen LogP contribution in [0.3, 0.4) is 0 Å². The van der Waals surface area contributed by atoms with E-state index in [-0.39, 0.29) is 0 Å². The van der Waals surface area contributed by atoms with Crippen molar-refractivity contribution in [1.29, 1.82) is 0 Å². The second-order valence-corrected chi connectivity index (χ2v) is 5.56. The number of fused-ring (bicyclic) bond motifs is 1. The average molecular weight is 274 g/mol. The summed E-state index contributed by atoms with van der Waals surface area (Å²) in [5.74, 6) is 0.981. The summed E-state index contributed by atoms with van der Waals surface area (Å²) in [7, 11) is 0. The van der Waals surface area contributed by atoms with Gasteiger partial charge in [0.1, 0.15) is 11.8 Å². The van der Waals surface area contributed by atoms with Crippen molar-refractivity contribution in [2.45, 2.75) is 51.1 Å². The van der Waals surface area contributed by atoms with Crippen molar-refractivity contribution in [2.24, 2.45) is 5.73 Å². The molecule has 1 aliphatic rings. The molecule has 1 fully saturated rings. The van der Waals surface area contributed by atoms with Crippen molar-refractivity contribution in [3.8, 4) is 0 Å². The summed E-state index contributed by atoms with van der Waals surface area (Å²) >= 11 is 0. The second kappa shape index (κ2) is 5.75. The van der Waals surface area contributed by atoms with Crippen LogP contribution in [0, 0.1) is 0 Å². The molecule has 3 N–H and O–H groups in total. The summed E-state index contributed by atoms with van der Waals surface area (Å²) in [5, 5.41) is 0. The smallest absolute Gasteiger partial charge is 0.182 e. The first-order valence-electron chi connectivity index (χ1n) is 7.46. The van der Waals surface area contributed by atoms with E-state index in [1.807, 2.05) is 0 Å². The highest BCUT2D eigenvalue weighted by Gasteiger charge is 2.26. The Kier molecular flexibility index (Phi) is 3.82. The molecule has 2 aromatic rings. The molecule has 0 aliphatic heterocycles. The van der Waals surface area contributed by atoms with Crippen molar-refractivity contribution in [1.82, 2.24) is 19.9 Å². The van der Waals surface area contributed by atoms with Crippen LogP contribution >= 0.6 is 0 Å². The fourth-order valence-corrected chi connectivity index (χ4v) is 3.09. The lowest BCUT2D eigenvalue weighted by Gasteiger charge is -2.36. The minimum atomic E-state index is 0.368. The zero-order chi connectivity index (χ0) is 13.9. The van der Waals surface area contributed by atoms with Crippen LogP contribution in [0.2, 0.25) is 0 Å². The number of anilines is 1. The van der Waals surface area contributed by atoms with Gasteiger partial charge in [-0.15, -0.1) is 0 Å². The number of nitrogens with one attached hydrogen (secondary N) is 1. The molecule has 2 heterocycles. The van der Waals surface area contributed by atoms with E-state index >= 15 is 0 Å². The quantitative estimate of drug-likeness (QED) is 0.888. The van der Waals surface area contributed by atoms with Gasteiger partial charge in [0.05, 0.1) is 6.33 Å². The lowest BCUT2D eigenvalue weighted by molar-refractivity contribution is 0.374. The van der Waals surface area contributed by atoms with E-state index in [9.17, 15) is 0 Å². The maximum Gasteiger partial charge on any atom is 0.182 e. The molecule has 0 saturated heterocycles. The van der Waals surface area contributed by atoms with Crippen LogP contribution in [0.5, 0.6) is 0 Å². The number of aromatic amines is 1. The molecule has 108 valence electrons. The molecule has 1 aliphatic carbocycles. The van der Waals surface area contributed by atoms with Crippen LogP contribution in [-0.2, 0) is 0 Å². The van der Waals surface area contributed by atoms with E-state index < -0.39 is 0 Å². The minimum Gasteiger partial charge on any atom is -0.352 e. The molecule has 0 amide bonds. The highest BCUT2D eigenvalue weighted by atomic mass is 15.2. The second-order valence-electron chi connectivity index (χ2n) is 5.56. The summed E-state index contributed by atoms with van der Waals surface area (Å²) in [4.78, 5) is 18.5. The Hall–Kier alpha value is -1.69. The average Bonchev–Trinajstić information content (AvgIpc) is 2.94. The van der Waals surface area contributed by atoms with Crippen LogP contribution in [0.25, 0.3) is 11.2 Å². The highest BCUT2D eigenvalue weighted by Crippen LogP contribution is 2.28. The van der Waals surface area contributed by atoms with Gasteiger partial charge < -0.3 is 15.6 Å². The van der Waals surface area contributed by atoms with Gasteiger partial charge in [-0.2, -0.15) is 0 Å². The Labute approximate surface area is 118 Å². The standard InChI is InChI=1S/C14H22N6/c1-2-7-20(11-5-3-10(15)4-6-11)14-12-13(17-8-16-12)18-9-19-14/h8-11H,2-7,15H2,1H3,(H,16,17,18,19). The van der Waals surface area contributed by atoms with Crippen molar-refractivity contribution in [2.75, 3.05) is 11.4 Å². The molecule has 0 bridgehead atoms. The third kappa shape index (κ3) is 2.47. The molecule has 1 saturated carbocycles. The number of nitrogens with zero attached hydrogens (tertiary/aromatic N) is 4. The van der Waals surface area contributed by atoms with E-state index in [2.05, 4.69) is 31.8 Å². The normalized spacial score (nSPS) is 23.1. The number of H-pyrrole nitrogens is 1. The van der Waals surface area contributed by atoms with E-state index in [0.29, 0.717) is 12.1 Å². The van der Waals surface area contributed by atoms with Gasteiger partial charge in [-0.1, -0.05) is 6.92 Å². The molecule has 6 nitrogen and oxygen atoms in total. The van der Waals surface area contributed by atoms with Gasteiger partial charge in [0.15, 0.2) is 11.5 Å². The van der Waals surface area contributed by atoms with Crippen LogP contribution in [0.1, 0.15) is 39.0 Å². The SMILES string of the molecule is CCCN(c1ncnc2nc[nH]c12)C1CCC(N)CC1. The molecule has 0 radical (unpaired) electrons. The van der Waals surface area contributed by atoms with Crippen molar-refractivity contribution in [3.05, 3.63) is 12.7 Å². The molecular formula is C14H22N6. The number of nitrogens with two attached hydrogens (primary N) is 1. The largest absolute Gasteiger partial charge is 0.352 e. The van der Waals surface area contributed by atoms with Crippen LogP contribution in [0.4, 0.5) is 5.82 Å². The molecular weight excluding hydrogens is 252 g/mol. The molecule has 0 spiro atoms. The minimum absolute atomic E-state index is 0.368. The molecule has 6 heteroatoms. The Morgan fingerprint density at radius 3 is 2.80 bits per heavy atom. The first kappa shape index (κ1) is 13.3. The van der Waals surface area contributed by atoms with Gasteiger partial charge >= 0.3 is 0 Å². The summed E-state index contributed by atoms with van der Waals surface area (Å²) < 4.78 is 0. The monoisotopic (exact) mass is 274 g/mol. The molecule has 0 unspecified atom stereocenters. The maximum atomic E-state index is 6.02. The lowest BCUT2D eigenvalue weighted by Crippen LogP contribution is -2.42. The van der Waals surface area contributed by atoms with Gasteiger partial charge in [0.2, 0.25) is 0 Å². The van der Waals surface area contributed by atoms with E-state index in [4.69, 9.17) is 5.73 Å². The summed E-state index contributed by atoms with van der Waals surface area (Å²) in [6, 6.07) is 0.892. The Morgan fingerprint density at radius 1 is 1.25 bits per heavy atom. The van der Waals surface area contributed by atoms with Gasteiger partial charge in [0, 0.05) is 18.6 Å². The third-order valence-corrected chi connectivity index (χ3v) is 4.12. The van der Waals surface area contributed by atoms with E-state index in [1.165, 1.54) is 0 Å². The molecule has 0 atom stereocenters. The van der Waals surface area contributed by atoms with Gasteiger partial charge in [-0.3, -0.25) is 0 Å². The topological polar surface area (TPSA) is 83.7 Å². The number of hydrogen-bond acceptors (Lipinski definition) is 5. The fraction of sp³-hybridized carbons (Fsp3) is 0.643. The highest BCUT2D eigenvalue weighted by molar-refractivity contribution is 5.82. The first-order valence-corrected chi connectivity index (χ1v) is 7.46. The van der Waals surface area contributed by atoms with Gasteiger partial charge in [0.25, 0.3) is 0 Å². The summed E-state index contributed by atoms with van der Waals surface area (Å²) in [6.07, 6.45) is 8.87. The summed E-state index contributed by atoms with van der Waals surface area (Å²) in [5.41, 5.74) is 7.70. The fourth-order valence-electron chi connectivity index (χ4n) is 3.09. The zero-order valence-corrected chi connectivity index (χ0v) is 11.9. The number of hydrogen-bond donors (Lipinski definition) is 2. The van der Waals surface area contributed by atoms with E-state index in [0.717, 1.165) is 55.6 Å². The van der Waals surface area contributed by atoms with Crippen molar-refractivity contribution >= 4 is 17.0 Å². The molecule has 3 rings (SSSR count). The lowest BCUT2D eigenvalue weighted by atomic mass is 9.90. The number of rotatable bonds is 4. The van der Waals surface area contributed by atoms with E-state index in [1.54, 1.807) is 12.7 Å². The van der Waals surface area contributed by atoms with Gasteiger partial charge in [-0.05, 0) is 32.1 Å². The zero-order valence-electron chi connectivity index (χ0n) is 11.9. The molecule has 20 heavy (non-hydrogen) atoms. The Bertz CT molecular complexity index is 558. The number of imidazole rings is 1. The molecule has 0 aromatic carbocycles. The Morgan fingerprint density at radius 2 is 2.05 bits per heavy atom. The van der Waals surface area contributed by atoms with Crippen LogP contribution < -0.4 is 10.6 Å². The predicted molar refractivity (Wildman–Crippen MR) is 79.6 cm³/mol. The molecule has 2 aromatic heterocycles. The predicted octanol–water partition coefficient (Wildman–Crippen LogP) is 1.84. The summed E-state index contributed by atoms with van der Waals surface area (Å²) in [6.45, 7) is 3.21. The first-order chi connectivity index (χ1) is 9.79. The van der Waals surface area contributed by atoms with Crippen molar-refractivity contribution in [3.63, 3.8) is 0 Å². The maximum absolute atomic E-state index is 6.02. The van der Waals surface area contributed by atoms with Crippen LogP contribution in [-0.4, -0.2) is 38.6 Å². The number of aromatic nitrogens is 4. The third-order valence-electron chi connectivity index (χ3n) is 4.12. The Balaban J connectivity index is 1.91. The van der Waals surface area contributed by atoms with Crippen LogP contribution in [0.15, 0.2) is 12.7 Å². The van der Waals surface area contributed by atoms with Gasteiger partial charge in [-0.25, -0.2) is 15.0 Å². The van der Waals surface area contributed by atoms with Crippen molar-refractivity contribution < 1.29 is 0 Å².